The van der Waals surface area contributed by atoms with Gasteiger partial charge in [-0.05, 0) is 14.0 Å². The zero-order valence-corrected chi connectivity index (χ0v) is 9.84. The second-order valence-electron chi connectivity index (χ2n) is 3.28. The van der Waals surface area contributed by atoms with Crippen LogP contribution in [0.4, 0.5) is 5.69 Å². The van der Waals surface area contributed by atoms with E-state index in [9.17, 15) is 10.1 Å². The van der Waals surface area contributed by atoms with E-state index in [1.165, 1.54) is 7.11 Å². The van der Waals surface area contributed by atoms with Crippen molar-refractivity contribution < 1.29 is 14.4 Å². The summed E-state index contributed by atoms with van der Waals surface area (Å²) in [5.74, 6) is -0.207. The number of hydrogen-bond acceptors (Lipinski definition) is 7. The minimum Gasteiger partial charge on any atom is -0.476 e. The van der Waals surface area contributed by atoms with Crippen LogP contribution in [0.25, 0.3) is 0 Å². The molecule has 0 aliphatic heterocycles. The van der Waals surface area contributed by atoms with Gasteiger partial charge in [-0.25, -0.2) is 0 Å². The third-order valence-corrected chi connectivity index (χ3v) is 1.94. The summed E-state index contributed by atoms with van der Waals surface area (Å²) >= 11 is 0. The lowest BCUT2D eigenvalue weighted by Crippen LogP contribution is -2.26. The Balaban J connectivity index is 3.02. The minimum absolute atomic E-state index is 0.0930. The first-order valence-electron chi connectivity index (χ1n) is 4.94. The van der Waals surface area contributed by atoms with Gasteiger partial charge < -0.3 is 14.8 Å². The normalized spacial score (nSPS) is 11.9. The van der Waals surface area contributed by atoms with Gasteiger partial charge in [0.25, 0.3) is 0 Å². The van der Waals surface area contributed by atoms with Gasteiger partial charge in [-0.15, -0.1) is 0 Å². The van der Waals surface area contributed by atoms with E-state index >= 15 is 0 Å². The van der Waals surface area contributed by atoms with Crippen molar-refractivity contribution in [2.45, 2.75) is 13.0 Å². The summed E-state index contributed by atoms with van der Waals surface area (Å²) in [5, 5.41) is 13.8. The summed E-state index contributed by atoms with van der Waals surface area (Å²) in [7, 11) is 3.06. The topological polar surface area (TPSA) is 99.4 Å². The molecule has 8 heteroatoms. The van der Waals surface area contributed by atoms with E-state index in [1.807, 2.05) is 0 Å². The molecule has 1 unspecified atom stereocenters. The van der Waals surface area contributed by atoms with Crippen LogP contribution in [-0.2, 0) is 0 Å². The number of rotatable bonds is 6. The molecule has 1 atom stereocenters. The zero-order valence-electron chi connectivity index (χ0n) is 9.84. The average molecular weight is 242 g/mol. The van der Waals surface area contributed by atoms with Gasteiger partial charge in [-0.3, -0.25) is 10.1 Å². The summed E-state index contributed by atoms with van der Waals surface area (Å²) in [6.45, 7) is 2.32. The summed E-state index contributed by atoms with van der Waals surface area (Å²) in [6.07, 6.45) is 0.908. The van der Waals surface area contributed by atoms with Gasteiger partial charge >= 0.3 is 17.4 Å². The minimum atomic E-state index is -0.625. The van der Waals surface area contributed by atoms with Crippen LogP contribution in [0.3, 0.4) is 0 Å². The molecule has 0 saturated heterocycles. The first kappa shape index (κ1) is 13.1. The molecule has 0 radical (unpaired) electrons. The zero-order chi connectivity index (χ0) is 12.8. The van der Waals surface area contributed by atoms with Crippen molar-refractivity contribution in [1.29, 1.82) is 0 Å². The Bertz CT molecular complexity index is 399. The molecular weight excluding hydrogens is 228 g/mol. The predicted molar refractivity (Wildman–Crippen MR) is 59.3 cm³/mol. The smallest absolute Gasteiger partial charge is 0.392 e. The molecule has 1 aromatic rings. The van der Waals surface area contributed by atoms with Crippen molar-refractivity contribution in [3.63, 3.8) is 0 Å². The van der Waals surface area contributed by atoms with E-state index in [-0.39, 0.29) is 23.6 Å². The first-order chi connectivity index (χ1) is 8.10. The highest BCUT2D eigenvalue weighted by atomic mass is 16.6. The lowest BCUT2D eigenvalue weighted by molar-refractivity contribution is -0.387. The molecule has 0 aliphatic carbocycles. The van der Waals surface area contributed by atoms with Crippen molar-refractivity contribution in [3.8, 4) is 11.8 Å². The maximum Gasteiger partial charge on any atom is 0.392 e. The maximum absolute atomic E-state index is 10.9. The molecule has 0 aliphatic rings. The highest BCUT2D eigenvalue weighted by Crippen LogP contribution is 2.32. The van der Waals surface area contributed by atoms with Gasteiger partial charge in [0.05, 0.1) is 12.0 Å². The Morgan fingerprint density at radius 3 is 2.71 bits per heavy atom. The van der Waals surface area contributed by atoms with E-state index in [1.54, 1.807) is 14.0 Å². The molecule has 1 N–H and O–H groups in total. The van der Waals surface area contributed by atoms with Gasteiger partial charge in [0.1, 0.15) is 12.4 Å². The van der Waals surface area contributed by atoms with Crippen molar-refractivity contribution in [2.24, 2.45) is 0 Å². The maximum atomic E-state index is 10.9. The van der Waals surface area contributed by atoms with Crippen molar-refractivity contribution in [1.82, 2.24) is 15.3 Å². The molecular formula is C9H14N4O4. The highest BCUT2D eigenvalue weighted by Gasteiger charge is 2.26. The number of aromatic nitrogens is 2. The van der Waals surface area contributed by atoms with E-state index in [0.29, 0.717) is 6.54 Å². The van der Waals surface area contributed by atoms with Crippen LogP contribution in [-0.4, -0.2) is 41.7 Å². The van der Waals surface area contributed by atoms with Gasteiger partial charge in [-0.1, -0.05) is 0 Å². The fourth-order valence-electron chi connectivity index (χ4n) is 1.26. The lowest BCUT2D eigenvalue weighted by atomic mass is 10.4. The molecule has 17 heavy (non-hydrogen) atoms. The van der Waals surface area contributed by atoms with Crippen molar-refractivity contribution in [3.05, 3.63) is 16.4 Å². The molecule has 0 fully saturated rings. The largest absolute Gasteiger partial charge is 0.476 e. The Morgan fingerprint density at radius 1 is 1.53 bits per heavy atom. The summed E-state index contributed by atoms with van der Waals surface area (Å²) < 4.78 is 10.2. The molecule has 8 nitrogen and oxygen atoms in total. The van der Waals surface area contributed by atoms with Gasteiger partial charge in [-0.2, -0.15) is 9.97 Å². The molecule has 0 saturated carbocycles. The van der Waals surface area contributed by atoms with E-state index in [2.05, 4.69) is 15.3 Å². The van der Waals surface area contributed by atoms with Crippen LogP contribution in [0, 0.1) is 10.1 Å². The van der Waals surface area contributed by atoms with Crippen LogP contribution in [0.2, 0.25) is 0 Å². The molecule has 0 aromatic carbocycles. The predicted octanol–water partition coefficient (Wildman–Crippen LogP) is 0.380. The number of likely N-dealkylation sites (N-methyl/N-ethyl adjacent to an activating group) is 1. The second-order valence-corrected chi connectivity index (χ2v) is 3.28. The SMILES string of the molecule is CNCC(C)Oc1ncnc(OC)c1[N+](=O)[O-]. The number of ether oxygens (including phenoxy) is 2. The summed E-state index contributed by atoms with van der Waals surface area (Å²) in [4.78, 5) is 17.7. The molecule has 1 heterocycles. The van der Waals surface area contributed by atoms with Crippen LogP contribution in [0.5, 0.6) is 11.8 Å². The van der Waals surface area contributed by atoms with Crippen molar-refractivity contribution in [2.75, 3.05) is 20.7 Å². The van der Waals surface area contributed by atoms with Crippen LogP contribution in [0.15, 0.2) is 6.33 Å². The van der Waals surface area contributed by atoms with E-state index < -0.39 is 4.92 Å². The quantitative estimate of drug-likeness (QED) is 0.568. The standard InChI is InChI=1S/C9H14N4O4/c1-6(4-10-2)17-9-7(13(14)15)8(16-3)11-5-12-9/h5-6,10H,4H2,1-3H3. The monoisotopic (exact) mass is 242 g/mol. The van der Waals surface area contributed by atoms with Crippen molar-refractivity contribution >= 4 is 5.69 Å². The summed E-state index contributed by atoms with van der Waals surface area (Å²) in [6, 6.07) is 0. The molecule has 1 aromatic heterocycles. The molecule has 1 rings (SSSR count). The third kappa shape index (κ3) is 3.25. The van der Waals surface area contributed by atoms with Crippen LogP contribution >= 0.6 is 0 Å². The second kappa shape index (κ2) is 5.94. The Hall–Kier alpha value is -1.96. The van der Waals surface area contributed by atoms with Gasteiger partial charge in [0.15, 0.2) is 0 Å². The van der Waals surface area contributed by atoms with Crippen LogP contribution < -0.4 is 14.8 Å². The molecule has 0 spiro atoms. The number of nitrogens with one attached hydrogen (secondary N) is 1. The number of methoxy groups -OCH3 is 1. The van der Waals surface area contributed by atoms with Crippen LogP contribution in [0.1, 0.15) is 6.92 Å². The van der Waals surface area contributed by atoms with E-state index in [4.69, 9.17) is 9.47 Å². The third-order valence-electron chi connectivity index (χ3n) is 1.94. The summed E-state index contributed by atoms with van der Waals surface area (Å²) in [5.41, 5.74) is -0.363. The molecule has 0 bridgehead atoms. The first-order valence-corrected chi connectivity index (χ1v) is 4.94. The average Bonchev–Trinajstić information content (AvgIpc) is 2.28. The van der Waals surface area contributed by atoms with E-state index in [0.717, 1.165) is 6.33 Å². The fraction of sp³-hybridized carbons (Fsp3) is 0.556. The fourth-order valence-corrected chi connectivity index (χ4v) is 1.26. The molecule has 0 amide bonds. The Kier molecular flexibility index (Phi) is 4.58. The number of nitro groups is 1. The molecule has 94 valence electrons. The Labute approximate surface area is 98.1 Å². The highest BCUT2D eigenvalue weighted by molar-refractivity contribution is 5.49. The Morgan fingerprint density at radius 2 is 2.18 bits per heavy atom. The van der Waals surface area contributed by atoms with Gasteiger partial charge in [0, 0.05) is 6.54 Å². The van der Waals surface area contributed by atoms with Gasteiger partial charge in [0.2, 0.25) is 0 Å². The lowest BCUT2D eigenvalue weighted by Gasteiger charge is -2.13. The number of hydrogen-bond donors (Lipinski definition) is 1. The number of nitrogens with zero attached hydrogens (tertiary/aromatic N) is 3.